The number of hydrogen-bond acceptors (Lipinski definition) is 4. The fourth-order valence-electron chi connectivity index (χ4n) is 1.89. The first kappa shape index (κ1) is 14.0. The summed E-state index contributed by atoms with van der Waals surface area (Å²) in [6, 6.07) is 3.64. The molecule has 2 heterocycles. The number of pyridine rings is 1. The number of aryl methyl sites for hydroxylation is 2. The lowest BCUT2D eigenvalue weighted by molar-refractivity contribution is 0.206. The third kappa shape index (κ3) is 3.34. The third-order valence-corrected chi connectivity index (χ3v) is 3.11. The standard InChI is InChI=1S/C14H18N4O2/c1-10-13(11(2)20-17-10)8-16-14(19)18(3)9-12-4-6-15-7-5-12/h4-7H,8-9H2,1-3H3,(H,16,19). The van der Waals surface area contributed by atoms with Gasteiger partial charge in [0.25, 0.3) is 0 Å². The Morgan fingerprint density at radius 1 is 1.35 bits per heavy atom. The van der Waals surface area contributed by atoms with E-state index in [1.165, 1.54) is 0 Å². The Hall–Kier alpha value is -2.37. The van der Waals surface area contributed by atoms with E-state index in [4.69, 9.17) is 4.52 Å². The van der Waals surface area contributed by atoms with Crippen molar-refractivity contribution in [2.24, 2.45) is 0 Å². The summed E-state index contributed by atoms with van der Waals surface area (Å²) in [5.74, 6) is 0.736. The number of amides is 2. The molecule has 2 amide bonds. The number of rotatable bonds is 4. The molecule has 0 saturated heterocycles. The predicted molar refractivity (Wildman–Crippen MR) is 73.9 cm³/mol. The van der Waals surface area contributed by atoms with Gasteiger partial charge in [0.2, 0.25) is 0 Å². The summed E-state index contributed by atoms with van der Waals surface area (Å²) < 4.78 is 5.06. The maximum absolute atomic E-state index is 12.0. The number of nitrogens with zero attached hydrogens (tertiary/aromatic N) is 3. The van der Waals surface area contributed by atoms with Gasteiger partial charge in [0.05, 0.1) is 5.69 Å². The Morgan fingerprint density at radius 2 is 2.05 bits per heavy atom. The van der Waals surface area contributed by atoms with Gasteiger partial charge < -0.3 is 14.7 Å². The van der Waals surface area contributed by atoms with E-state index in [0.717, 1.165) is 22.6 Å². The first-order valence-corrected chi connectivity index (χ1v) is 6.37. The van der Waals surface area contributed by atoms with Crippen LogP contribution < -0.4 is 5.32 Å². The first-order chi connectivity index (χ1) is 9.58. The van der Waals surface area contributed by atoms with Crippen LogP contribution in [0.25, 0.3) is 0 Å². The molecule has 0 aliphatic rings. The number of hydrogen-bond donors (Lipinski definition) is 1. The molecule has 1 N–H and O–H groups in total. The van der Waals surface area contributed by atoms with Crippen LogP contribution in [0, 0.1) is 13.8 Å². The molecule has 2 aromatic heterocycles. The second kappa shape index (κ2) is 6.18. The highest BCUT2D eigenvalue weighted by Gasteiger charge is 2.12. The molecule has 2 aromatic rings. The summed E-state index contributed by atoms with van der Waals surface area (Å²) in [6.07, 6.45) is 3.43. The second-order valence-electron chi connectivity index (χ2n) is 4.67. The van der Waals surface area contributed by atoms with Crippen LogP contribution in [0.1, 0.15) is 22.6 Å². The Labute approximate surface area is 117 Å². The van der Waals surface area contributed by atoms with Crippen molar-refractivity contribution in [2.75, 3.05) is 7.05 Å². The Balaban J connectivity index is 1.89. The maximum atomic E-state index is 12.0. The van der Waals surface area contributed by atoms with Crippen molar-refractivity contribution in [1.82, 2.24) is 20.4 Å². The fourth-order valence-corrected chi connectivity index (χ4v) is 1.89. The summed E-state index contributed by atoms with van der Waals surface area (Å²) in [6.45, 7) is 4.65. The van der Waals surface area contributed by atoms with Gasteiger partial charge in [-0.25, -0.2) is 4.79 Å². The van der Waals surface area contributed by atoms with Crippen molar-refractivity contribution >= 4 is 6.03 Å². The monoisotopic (exact) mass is 274 g/mol. The highest BCUT2D eigenvalue weighted by Crippen LogP contribution is 2.11. The number of carbonyl (C=O) groups is 1. The molecule has 0 unspecified atom stereocenters. The number of nitrogens with one attached hydrogen (secondary N) is 1. The van der Waals surface area contributed by atoms with E-state index in [0.29, 0.717) is 13.1 Å². The van der Waals surface area contributed by atoms with Crippen molar-refractivity contribution in [3.63, 3.8) is 0 Å². The van der Waals surface area contributed by atoms with Crippen LogP contribution in [-0.4, -0.2) is 28.1 Å². The van der Waals surface area contributed by atoms with Gasteiger partial charge in [0.1, 0.15) is 5.76 Å². The largest absolute Gasteiger partial charge is 0.361 e. The Morgan fingerprint density at radius 3 is 2.65 bits per heavy atom. The number of carbonyl (C=O) groups excluding carboxylic acids is 1. The molecule has 0 aromatic carbocycles. The summed E-state index contributed by atoms with van der Waals surface area (Å²) in [5, 5.41) is 6.72. The van der Waals surface area contributed by atoms with Crippen LogP contribution in [0.15, 0.2) is 29.0 Å². The SMILES string of the molecule is Cc1noc(C)c1CNC(=O)N(C)Cc1ccncc1. The van der Waals surface area contributed by atoms with Gasteiger partial charge in [-0.1, -0.05) is 5.16 Å². The van der Waals surface area contributed by atoms with Crippen LogP contribution in [0.4, 0.5) is 4.79 Å². The van der Waals surface area contributed by atoms with Gasteiger partial charge in [-0.3, -0.25) is 4.98 Å². The summed E-state index contributed by atoms with van der Waals surface area (Å²) >= 11 is 0. The lowest BCUT2D eigenvalue weighted by Crippen LogP contribution is -2.36. The molecule has 20 heavy (non-hydrogen) atoms. The molecule has 0 fully saturated rings. The minimum Gasteiger partial charge on any atom is -0.361 e. The van der Waals surface area contributed by atoms with Gasteiger partial charge >= 0.3 is 6.03 Å². The van der Waals surface area contributed by atoms with Crippen molar-refractivity contribution in [2.45, 2.75) is 26.9 Å². The molecule has 0 spiro atoms. The van der Waals surface area contributed by atoms with Gasteiger partial charge in [-0.05, 0) is 31.5 Å². The average Bonchev–Trinajstić information content (AvgIpc) is 2.76. The van der Waals surface area contributed by atoms with Crippen molar-refractivity contribution in [1.29, 1.82) is 0 Å². The zero-order valence-electron chi connectivity index (χ0n) is 11.9. The van der Waals surface area contributed by atoms with Gasteiger partial charge in [-0.2, -0.15) is 0 Å². The Kier molecular flexibility index (Phi) is 4.34. The molecular formula is C14H18N4O2. The van der Waals surface area contributed by atoms with E-state index < -0.39 is 0 Å². The van der Waals surface area contributed by atoms with E-state index in [1.54, 1.807) is 24.3 Å². The van der Waals surface area contributed by atoms with Crippen molar-refractivity contribution in [3.8, 4) is 0 Å². The van der Waals surface area contributed by atoms with E-state index in [9.17, 15) is 4.79 Å². The molecule has 0 aliphatic heterocycles. The minimum absolute atomic E-state index is 0.137. The molecule has 0 aliphatic carbocycles. The molecule has 6 nitrogen and oxygen atoms in total. The van der Waals surface area contributed by atoms with Crippen LogP contribution in [0.2, 0.25) is 0 Å². The summed E-state index contributed by atoms with van der Waals surface area (Å²) in [5.41, 5.74) is 2.77. The van der Waals surface area contributed by atoms with E-state index in [-0.39, 0.29) is 6.03 Å². The maximum Gasteiger partial charge on any atom is 0.317 e. The zero-order valence-corrected chi connectivity index (χ0v) is 11.9. The molecule has 0 bridgehead atoms. The van der Waals surface area contributed by atoms with E-state index in [1.807, 2.05) is 26.0 Å². The summed E-state index contributed by atoms with van der Waals surface area (Å²) in [7, 11) is 1.75. The number of urea groups is 1. The van der Waals surface area contributed by atoms with E-state index in [2.05, 4.69) is 15.5 Å². The van der Waals surface area contributed by atoms with Crippen LogP contribution in [-0.2, 0) is 13.1 Å². The van der Waals surface area contributed by atoms with Crippen LogP contribution in [0.3, 0.4) is 0 Å². The molecule has 6 heteroatoms. The normalized spacial score (nSPS) is 10.3. The van der Waals surface area contributed by atoms with Crippen molar-refractivity contribution < 1.29 is 9.32 Å². The van der Waals surface area contributed by atoms with Crippen LogP contribution >= 0.6 is 0 Å². The molecule has 0 saturated carbocycles. The zero-order chi connectivity index (χ0) is 14.5. The second-order valence-corrected chi connectivity index (χ2v) is 4.67. The molecule has 0 radical (unpaired) electrons. The van der Waals surface area contributed by atoms with Crippen LogP contribution in [0.5, 0.6) is 0 Å². The highest BCUT2D eigenvalue weighted by atomic mass is 16.5. The highest BCUT2D eigenvalue weighted by molar-refractivity contribution is 5.73. The molecule has 2 rings (SSSR count). The van der Waals surface area contributed by atoms with Gasteiger partial charge in [0.15, 0.2) is 0 Å². The smallest absolute Gasteiger partial charge is 0.317 e. The summed E-state index contributed by atoms with van der Waals surface area (Å²) in [4.78, 5) is 17.6. The minimum atomic E-state index is -0.137. The molecule has 106 valence electrons. The topological polar surface area (TPSA) is 71.3 Å². The quantitative estimate of drug-likeness (QED) is 0.926. The number of aromatic nitrogens is 2. The molecule has 0 atom stereocenters. The van der Waals surface area contributed by atoms with Crippen molar-refractivity contribution in [3.05, 3.63) is 47.1 Å². The van der Waals surface area contributed by atoms with Gasteiger partial charge in [-0.15, -0.1) is 0 Å². The molecular weight excluding hydrogens is 256 g/mol. The van der Waals surface area contributed by atoms with Gasteiger partial charge in [0, 0.05) is 38.1 Å². The lowest BCUT2D eigenvalue weighted by Gasteiger charge is -2.17. The lowest BCUT2D eigenvalue weighted by atomic mass is 10.2. The third-order valence-electron chi connectivity index (χ3n) is 3.11. The Bertz CT molecular complexity index is 561. The fraction of sp³-hybridized carbons (Fsp3) is 0.357. The predicted octanol–water partition coefficient (Wildman–Crippen LogP) is 2.03. The van der Waals surface area contributed by atoms with E-state index >= 15 is 0 Å². The average molecular weight is 274 g/mol. The first-order valence-electron chi connectivity index (χ1n) is 6.37.